The lowest BCUT2D eigenvalue weighted by atomic mass is 10.2. The first kappa shape index (κ1) is 15.4. The molecule has 0 aromatic heterocycles. The SMILES string of the molecule is CC(=O)SC(C)C(=O)N1C(C(=O)O)CSC1(C)C. The van der Waals surface area contributed by atoms with Crippen LogP contribution < -0.4 is 0 Å². The number of carbonyl (C=O) groups excluding carboxylic acids is 2. The first-order valence-electron chi connectivity index (χ1n) is 5.54. The number of thioether (sulfide) groups is 2. The van der Waals surface area contributed by atoms with Gasteiger partial charge in [-0.3, -0.25) is 9.59 Å². The highest BCUT2D eigenvalue weighted by Gasteiger charge is 2.47. The van der Waals surface area contributed by atoms with Crippen molar-refractivity contribution in [3.8, 4) is 0 Å². The second-order valence-electron chi connectivity index (χ2n) is 4.57. The second kappa shape index (κ2) is 5.52. The van der Waals surface area contributed by atoms with Crippen molar-refractivity contribution in [2.24, 2.45) is 0 Å². The van der Waals surface area contributed by atoms with Gasteiger partial charge in [-0.1, -0.05) is 11.8 Å². The molecule has 1 rings (SSSR count). The molecule has 1 aliphatic heterocycles. The zero-order valence-corrected chi connectivity index (χ0v) is 12.4. The van der Waals surface area contributed by atoms with E-state index in [0.29, 0.717) is 5.75 Å². The molecule has 102 valence electrons. The summed E-state index contributed by atoms with van der Waals surface area (Å²) in [6.45, 7) is 6.67. The van der Waals surface area contributed by atoms with E-state index in [4.69, 9.17) is 5.11 Å². The lowest BCUT2D eigenvalue weighted by Crippen LogP contribution is -2.52. The molecule has 0 aliphatic carbocycles. The standard InChI is InChI=1S/C11H17NO4S2/c1-6(18-7(2)13)9(14)12-8(10(15)16)5-17-11(12,3)4/h6,8H,5H2,1-4H3,(H,15,16). The molecule has 7 heteroatoms. The van der Waals surface area contributed by atoms with Crippen LogP contribution in [0.5, 0.6) is 0 Å². The van der Waals surface area contributed by atoms with E-state index in [1.807, 2.05) is 13.8 Å². The Kier molecular flexibility index (Phi) is 4.72. The average Bonchev–Trinajstić information content (AvgIpc) is 2.51. The Morgan fingerprint density at radius 2 is 2.00 bits per heavy atom. The second-order valence-corrected chi connectivity index (χ2v) is 7.71. The summed E-state index contributed by atoms with van der Waals surface area (Å²) in [7, 11) is 0. The minimum Gasteiger partial charge on any atom is -0.480 e. The van der Waals surface area contributed by atoms with Crippen molar-refractivity contribution >= 4 is 40.5 Å². The first-order valence-corrected chi connectivity index (χ1v) is 7.40. The number of carboxylic acid groups (broad SMARTS) is 1. The van der Waals surface area contributed by atoms with E-state index in [1.54, 1.807) is 6.92 Å². The third-order valence-corrected chi connectivity index (χ3v) is 4.97. The molecule has 0 aromatic rings. The van der Waals surface area contributed by atoms with Gasteiger partial charge in [-0.15, -0.1) is 11.8 Å². The molecule has 1 aliphatic rings. The molecule has 1 amide bonds. The van der Waals surface area contributed by atoms with Gasteiger partial charge in [0.15, 0.2) is 5.12 Å². The fraction of sp³-hybridized carbons (Fsp3) is 0.727. The first-order chi connectivity index (χ1) is 8.16. The Hall–Kier alpha value is -0.690. The quantitative estimate of drug-likeness (QED) is 0.847. The maximum atomic E-state index is 12.3. The fourth-order valence-electron chi connectivity index (χ4n) is 1.90. The number of aliphatic carboxylic acids is 1. The van der Waals surface area contributed by atoms with Gasteiger partial charge < -0.3 is 10.0 Å². The van der Waals surface area contributed by atoms with E-state index >= 15 is 0 Å². The Bertz CT molecular complexity index is 383. The van der Waals surface area contributed by atoms with Crippen LogP contribution in [-0.2, 0) is 14.4 Å². The van der Waals surface area contributed by atoms with Gasteiger partial charge in [-0.25, -0.2) is 4.79 Å². The average molecular weight is 291 g/mol. The summed E-state index contributed by atoms with van der Waals surface area (Å²) in [5, 5.41) is 8.45. The number of carbonyl (C=O) groups is 3. The lowest BCUT2D eigenvalue weighted by Gasteiger charge is -2.34. The van der Waals surface area contributed by atoms with Crippen molar-refractivity contribution in [3.05, 3.63) is 0 Å². The van der Waals surface area contributed by atoms with E-state index < -0.39 is 22.1 Å². The topological polar surface area (TPSA) is 74.7 Å². The van der Waals surface area contributed by atoms with Crippen LogP contribution in [-0.4, -0.2) is 48.9 Å². The zero-order valence-electron chi connectivity index (χ0n) is 10.8. The molecule has 2 atom stereocenters. The summed E-state index contributed by atoms with van der Waals surface area (Å²) in [6, 6.07) is -0.812. The molecule has 0 bridgehead atoms. The van der Waals surface area contributed by atoms with Crippen molar-refractivity contribution in [1.29, 1.82) is 0 Å². The van der Waals surface area contributed by atoms with Crippen molar-refractivity contribution in [1.82, 2.24) is 4.90 Å². The van der Waals surface area contributed by atoms with Crippen LogP contribution in [0.1, 0.15) is 27.7 Å². The third kappa shape index (κ3) is 3.20. The van der Waals surface area contributed by atoms with Crippen LogP contribution in [0.2, 0.25) is 0 Å². The highest BCUT2D eigenvalue weighted by molar-refractivity contribution is 8.14. The summed E-state index contributed by atoms with van der Waals surface area (Å²) in [4.78, 5) is 35.3. The number of hydrogen-bond donors (Lipinski definition) is 1. The van der Waals surface area contributed by atoms with Gasteiger partial charge >= 0.3 is 5.97 Å². The molecule has 0 aromatic carbocycles. The normalized spacial score (nSPS) is 23.8. The lowest BCUT2D eigenvalue weighted by molar-refractivity contribution is -0.150. The zero-order chi connectivity index (χ0) is 14.1. The summed E-state index contributed by atoms with van der Waals surface area (Å²) < 4.78 is 0. The fourth-order valence-corrected chi connectivity index (χ4v) is 3.82. The molecular weight excluding hydrogens is 274 g/mol. The smallest absolute Gasteiger partial charge is 0.327 e. The van der Waals surface area contributed by atoms with Gasteiger partial charge in [0.1, 0.15) is 6.04 Å². The highest BCUT2D eigenvalue weighted by Crippen LogP contribution is 2.40. The van der Waals surface area contributed by atoms with Gasteiger partial charge in [-0.05, 0) is 20.8 Å². The van der Waals surface area contributed by atoms with Gasteiger partial charge in [0, 0.05) is 12.7 Å². The maximum Gasteiger partial charge on any atom is 0.327 e. The van der Waals surface area contributed by atoms with Crippen LogP contribution in [0.4, 0.5) is 0 Å². The Morgan fingerprint density at radius 3 is 2.44 bits per heavy atom. The van der Waals surface area contributed by atoms with Crippen LogP contribution in [0.15, 0.2) is 0 Å². The highest BCUT2D eigenvalue weighted by atomic mass is 32.2. The van der Waals surface area contributed by atoms with Crippen molar-refractivity contribution in [3.63, 3.8) is 0 Å². The number of nitrogens with zero attached hydrogens (tertiary/aromatic N) is 1. The molecule has 5 nitrogen and oxygen atoms in total. The molecule has 1 N–H and O–H groups in total. The van der Waals surface area contributed by atoms with Gasteiger partial charge in [0.25, 0.3) is 0 Å². The van der Waals surface area contributed by atoms with Crippen LogP contribution in [0.3, 0.4) is 0 Å². The third-order valence-electron chi connectivity index (χ3n) is 2.70. The molecule has 0 spiro atoms. The van der Waals surface area contributed by atoms with E-state index in [2.05, 4.69) is 0 Å². The predicted molar refractivity (Wildman–Crippen MR) is 72.5 cm³/mol. The van der Waals surface area contributed by atoms with Gasteiger partial charge in [-0.2, -0.15) is 0 Å². The number of rotatable bonds is 3. The molecule has 1 saturated heterocycles. The van der Waals surface area contributed by atoms with E-state index in [-0.39, 0.29) is 11.0 Å². The number of hydrogen-bond acceptors (Lipinski definition) is 5. The van der Waals surface area contributed by atoms with Crippen LogP contribution in [0.25, 0.3) is 0 Å². The summed E-state index contributed by atoms with van der Waals surface area (Å²) in [5.41, 5.74) is 0. The predicted octanol–water partition coefficient (Wildman–Crippen LogP) is 1.42. The van der Waals surface area contributed by atoms with Crippen molar-refractivity contribution in [2.75, 3.05) is 5.75 Å². The van der Waals surface area contributed by atoms with E-state index in [0.717, 1.165) is 11.8 Å². The summed E-state index contributed by atoms with van der Waals surface area (Å²) in [5.74, 6) is -0.912. The molecule has 0 saturated carbocycles. The molecule has 18 heavy (non-hydrogen) atoms. The Morgan fingerprint density at radius 1 is 1.44 bits per heavy atom. The number of amides is 1. The molecule has 1 heterocycles. The Labute approximate surface area is 115 Å². The monoisotopic (exact) mass is 291 g/mol. The van der Waals surface area contributed by atoms with Crippen LogP contribution >= 0.6 is 23.5 Å². The molecular formula is C11H17NO4S2. The minimum atomic E-state index is -0.999. The number of carboxylic acids is 1. The van der Waals surface area contributed by atoms with Gasteiger partial charge in [0.2, 0.25) is 5.91 Å². The summed E-state index contributed by atoms with van der Waals surface area (Å²) >= 11 is 2.37. The summed E-state index contributed by atoms with van der Waals surface area (Å²) in [6.07, 6.45) is 0. The van der Waals surface area contributed by atoms with Gasteiger partial charge in [0.05, 0.1) is 10.1 Å². The Balaban J connectivity index is 2.92. The minimum absolute atomic E-state index is 0.146. The van der Waals surface area contributed by atoms with Crippen molar-refractivity contribution < 1.29 is 19.5 Å². The molecule has 0 radical (unpaired) electrons. The molecule has 2 unspecified atom stereocenters. The largest absolute Gasteiger partial charge is 0.480 e. The van der Waals surface area contributed by atoms with Crippen LogP contribution in [0, 0.1) is 0 Å². The van der Waals surface area contributed by atoms with E-state index in [9.17, 15) is 14.4 Å². The maximum absolute atomic E-state index is 12.3. The van der Waals surface area contributed by atoms with E-state index in [1.165, 1.54) is 23.6 Å². The van der Waals surface area contributed by atoms with Crippen molar-refractivity contribution in [2.45, 2.75) is 43.9 Å². The molecule has 1 fully saturated rings.